The molecule has 0 saturated carbocycles. The summed E-state index contributed by atoms with van der Waals surface area (Å²) in [6.07, 6.45) is 3.02. The topological polar surface area (TPSA) is 85.4 Å². The van der Waals surface area contributed by atoms with Crippen molar-refractivity contribution in [3.8, 4) is 17.2 Å². The summed E-state index contributed by atoms with van der Waals surface area (Å²) in [4.78, 5) is 15.7. The van der Waals surface area contributed by atoms with Crippen molar-refractivity contribution >= 4 is 27.5 Å². The first-order valence-electron chi connectivity index (χ1n) is 11.6. The fourth-order valence-corrected chi connectivity index (χ4v) is 6.59. The van der Waals surface area contributed by atoms with Crippen LogP contribution in [0.15, 0.2) is 41.3 Å². The van der Waals surface area contributed by atoms with Gasteiger partial charge in [0.05, 0.1) is 32.1 Å². The molecule has 2 aliphatic heterocycles. The van der Waals surface area contributed by atoms with Gasteiger partial charge in [0.1, 0.15) is 0 Å². The van der Waals surface area contributed by atoms with Crippen molar-refractivity contribution in [2.24, 2.45) is 5.92 Å². The molecular weight excluding hydrogens is 492 g/mol. The highest BCUT2D eigenvalue weighted by Crippen LogP contribution is 2.44. The van der Waals surface area contributed by atoms with Crippen LogP contribution in [0.1, 0.15) is 30.7 Å². The zero-order chi connectivity index (χ0) is 25.2. The van der Waals surface area contributed by atoms with Crippen LogP contribution in [0, 0.1) is 5.92 Å². The molecule has 2 unspecified atom stereocenters. The molecule has 2 aliphatic rings. The lowest BCUT2D eigenvalue weighted by Crippen LogP contribution is -2.42. The van der Waals surface area contributed by atoms with E-state index in [9.17, 15) is 13.2 Å². The number of amides is 1. The summed E-state index contributed by atoms with van der Waals surface area (Å²) in [5.74, 6) is 0.451. The first-order valence-corrected chi connectivity index (χ1v) is 13.5. The third-order valence-electron chi connectivity index (χ3n) is 6.84. The minimum absolute atomic E-state index is 0.0164. The second-order valence-electron chi connectivity index (χ2n) is 8.83. The van der Waals surface area contributed by atoms with E-state index in [-0.39, 0.29) is 29.8 Å². The monoisotopic (exact) mass is 522 g/mol. The van der Waals surface area contributed by atoms with Crippen molar-refractivity contribution in [2.75, 3.05) is 47.5 Å². The molecule has 2 aromatic rings. The second-order valence-corrected chi connectivity index (χ2v) is 11.2. The smallest absolute Gasteiger partial charge is 0.243 e. The summed E-state index contributed by atoms with van der Waals surface area (Å²) in [6, 6.07) is 9.70. The summed E-state index contributed by atoms with van der Waals surface area (Å²) >= 11 is 5.96. The number of nitrogens with zero attached hydrogens (tertiary/aromatic N) is 2. The van der Waals surface area contributed by atoms with Crippen molar-refractivity contribution in [1.82, 2.24) is 9.21 Å². The van der Waals surface area contributed by atoms with E-state index in [1.807, 2.05) is 4.90 Å². The van der Waals surface area contributed by atoms with Gasteiger partial charge in [0, 0.05) is 37.1 Å². The number of carbonyl (C=O) groups is 1. The average molecular weight is 523 g/mol. The van der Waals surface area contributed by atoms with Crippen molar-refractivity contribution in [1.29, 1.82) is 0 Å². The molecule has 0 radical (unpaired) electrons. The van der Waals surface area contributed by atoms with Crippen LogP contribution in [-0.4, -0.2) is 71.0 Å². The second kappa shape index (κ2) is 10.6. The highest BCUT2D eigenvalue weighted by molar-refractivity contribution is 7.89. The molecule has 190 valence electrons. The van der Waals surface area contributed by atoms with Gasteiger partial charge in [-0.25, -0.2) is 8.42 Å². The minimum atomic E-state index is -3.82. The van der Waals surface area contributed by atoms with Crippen molar-refractivity contribution in [3.63, 3.8) is 0 Å². The van der Waals surface area contributed by atoms with Crippen LogP contribution in [-0.2, 0) is 14.8 Å². The Balaban J connectivity index is 1.74. The van der Waals surface area contributed by atoms with Gasteiger partial charge in [-0.05, 0) is 61.2 Å². The maximum atomic E-state index is 13.7. The number of likely N-dealkylation sites (tertiary alicyclic amines) is 1. The lowest BCUT2D eigenvalue weighted by atomic mass is 9.87. The molecule has 2 atom stereocenters. The highest BCUT2D eigenvalue weighted by Gasteiger charge is 2.45. The highest BCUT2D eigenvalue weighted by atomic mass is 35.5. The third kappa shape index (κ3) is 5.08. The third-order valence-corrected chi connectivity index (χ3v) is 8.94. The van der Waals surface area contributed by atoms with Crippen molar-refractivity contribution in [2.45, 2.75) is 30.1 Å². The first-order chi connectivity index (χ1) is 16.8. The average Bonchev–Trinajstić information content (AvgIpc) is 3.34. The van der Waals surface area contributed by atoms with E-state index >= 15 is 0 Å². The van der Waals surface area contributed by atoms with Crippen LogP contribution in [0.25, 0.3) is 0 Å². The van der Waals surface area contributed by atoms with Crippen LogP contribution >= 0.6 is 11.6 Å². The largest absolute Gasteiger partial charge is 0.493 e. The van der Waals surface area contributed by atoms with Gasteiger partial charge < -0.3 is 19.1 Å². The van der Waals surface area contributed by atoms with E-state index in [1.54, 1.807) is 24.3 Å². The maximum absolute atomic E-state index is 13.7. The van der Waals surface area contributed by atoms with Gasteiger partial charge >= 0.3 is 0 Å². The Morgan fingerprint density at radius 3 is 2.06 bits per heavy atom. The summed E-state index contributed by atoms with van der Waals surface area (Å²) in [7, 11) is 0.768. The van der Waals surface area contributed by atoms with Crippen LogP contribution in [0.3, 0.4) is 0 Å². The number of halogens is 1. The number of methoxy groups -OCH3 is 3. The summed E-state index contributed by atoms with van der Waals surface area (Å²) < 4.78 is 44.9. The Kier molecular flexibility index (Phi) is 7.78. The quantitative estimate of drug-likeness (QED) is 0.550. The SMILES string of the molecule is COc1cc(C2CN(S(=O)(=O)c3ccc(Cl)cc3)CC2C(=O)N2CCCCC2)cc(OC)c1OC. The van der Waals surface area contributed by atoms with E-state index in [2.05, 4.69) is 0 Å². The van der Waals surface area contributed by atoms with E-state index < -0.39 is 15.9 Å². The number of hydrogen-bond acceptors (Lipinski definition) is 6. The predicted octanol–water partition coefficient (Wildman–Crippen LogP) is 3.78. The van der Waals surface area contributed by atoms with Crippen LogP contribution in [0.5, 0.6) is 17.2 Å². The molecule has 2 saturated heterocycles. The van der Waals surface area contributed by atoms with E-state index in [0.29, 0.717) is 35.4 Å². The fourth-order valence-electron chi connectivity index (χ4n) is 4.97. The zero-order valence-corrected chi connectivity index (χ0v) is 21.8. The van der Waals surface area contributed by atoms with Gasteiger partial charge in [0.25, 0.3) is 0 Å². The molecule has 35 heavy (non-hydrogen) atoms. The van der Waals surface area contributed by atoms with Gasteiger partial charge in [-0.2, -0.15) is 4.31 Å². The normalized spacial score (nSPS) is 21.1. The number of piperidine rings is 1. The maximum Gasteiger partial charge on any atom is 0.243 e. The number of sulfonamides is 1. The van der Waals surface area contributed by atoms with E-state index in [4.69, 9.17) is 25.8 Å². The van der Waals surface area contributed by atoms with E-state index in [0.717, 1.165) is 24.8 Å². The number of carbonyl (C=O) groups excluding carboxylic acids is 1. The summed E-state index contributed by atoms with van der Waals surface area (Å²) in [5, 5.41) is 0.457. The lowest BCUT2D eigenvalue weighted by Gasteiger charge is -2.31. The summed E-state index contributed by atoms with van der Waals surface area (Å²) in [6.45, 7) is 1.65. The molecule has 0 aromatic heterocycles. The van der Waals surface area contributed by atoms with Gasteiger partial charge in [-0.3, -0.25) is 4.79 Å². The molecule has 2 aromatic carbocycles. The lowest BCUT2D eigenvalue weighted by molar-refractivity contribution is -0.136. The molecule has 0 bridgehead atoms. The molecule has 1 amide bonds. The fraction of sp³-hybridized carbons (Fsp3) is 0.480. The van der Waals surface area contributed by atoms with Gasteiger partial charge in [0.2, 0.25) is 21.7 Å². The Morgan fingerprint density at radius 2 is 1.51 bits per heavy atom. The molecule has 8 nitrogen and oxygen atoms in total. The Morgan fingerprint density at radius 1 is 0.914 bits per heavy atom. The number of ether oxygens (including phenoxy) is 3. The standard InChI is InChI=1S/C25H31ClN2O6S/c1-32-22-13-17(14-23(33-2)24(22)34-3)20-15-28(35(30,31)19-9-7-18(26)8-10-19)16-21(20)25(29)27-11-5-4-6-12-27/h7-10,13-14,20-21H,4-6,11-12,15-16H2,1-3H3. The molecule has 2 heterocycles. The number of hydrogen-bond donors (Lipinski definition) is 0. The van der Waals surface area contributed by atoms with Crippen LogP contribution in [0.2, 0.25) is 5.02 Å². The Hall–Kier alpha value is -2.49. The molecule has 2 fully saturated rings. The van der Waals surface area contributed by atoms with Crippen molar-refractivity contribution in [3.05, 3.63) is 47.0 Å². The zero-order valence-electron chi connectivity index (χ0n) is 20.2. The van der Waals surface area contributed by atoms with Crippen LogP contribution in [0.4, 0.5) is 0 Å². The predicted molar refractivity (Wildman–Crippen MR) is 133 cm³/mol. The first kappa shape index (κ1) is 25.6. The van der Waals surface area contributed by atoms with Gasteiger partial charge in [-0.15, -0.1) is 0 Å². The molecule has 10 heteroatoms. The van der Waals surface area contributed by atoms with Gasteiger partial charge in [-0.1, -0.05) is 11.6 Å². The molecule has 0 aliphatic carbocycles. The Labute approximate surface area is 211 Å². The van der Waals surface area contributed by atoms with Gasteiger partial charge in [0.15, 0.2) is 11.5 Å². The minimum Gasteiger partial charge on any atom is -0.493 e. The Bertz CT molecular complexity index is 1140. The number of rotatable bonds is 7. The molecule has 0 spiro atoms. The molecule has 4 rings (SSSR count). The van der Waals surface area contributed by atoms with Crippen molar-refractivity contribution < 1.29 is 27.4 Å². The summed E-state index contributed by atoms with van der Waals surface area (Å²) in [5.41, 5.74) is 0.767. The van der Waals surface area contributed by atoms with Crippen LogP contribution < -0.4 is 14.2 Å². The molecular formula is C25H31ClN2O6S. The molecule has 0 N–H and O–H groups in total. The number of benzene rings is 2. The van der Waals surface area contributed by atoms with E-state index in [1.165, 1.54) is 37.8 Å².